The Bertz CT molecular complexity index is 1240. The van der Waals surface area contributed by atoms with Crippen LogP contribution in [0.2, 0.25) is 0 Å². The number of thioether (sulfide) groups is 1. The molecule has 0 aliphatic carbocycles. The Balaban J connectivity index is 2.11. The maximum atomic E-state index is 13.3. The van der Waals surface area contributed by atoms with Gasteiger partial charge < -0.3 is 14.2 Å². The minimum atomic E-state index is -0.000934. The van der Waals surface area contributed by atoms with E-state index in [0.29, 0.717) is 25.4 Å². The summed E-state index contributed by atoms with van der Waals surface area (Å²) in [6, 6.07) is 12.1. The van der Waals surface area contributed by atoms with Gasteiger partial charge in [0.05, 0.1) is 19.8 Å². The summed E-state index contributed by atoms with van der Waals surface area (Å²) in [4.78, 5) is 14.5. The lowest BCUT2D eigenvalue weighted by molar-refractivity contribution is 0.104. The molecule has 5 heteroatoms. The molecule has 0 atom stereocenters. The van der Waals surface area contributed by atoms with Crippen molar-refractivity contribution < 1.29 is 19.0 Å². The van der Waals surface area contributed by atoms with Crippen molar-refractivity contribution in [3.05, 3.63) is 53.6 Å². The first-order chi connectivity index (χ1) is 29.1. The summed E-state index contributed by atoms with van der Waals surface area (Å²) >= 11 is 1.83. The minimum Gasteiger partial charge on any atom is -0.490 e. The summed E-state index contributed by atoms with van der Waals surface area (Å²) in [5.41, 5.74) is 1.60. The highest BCUT2D eigenvalue weighted by molar-refractivity contribution is 7.99. The molecule has 0 radical (unpaired) electrons. The second kappa shape index (κ2) is 38.5. The molecule has 0 N–H and O–H groups in total. The number of benzene rings is 2. The number of allylic oxidation sites excluding steroid dienone is 1. The zero-order valence-electron chi connectivity index (χ0n) is 38.9. The zero-order chi connectivity index (χ0) is 42.3. The van der Waals surface area contributed by atoms with Gasteiger partial charge in [-0.1, -0.05) is 207 Å². The fraction of sp³-hybridized carbons (Fsp3) is 0.722. The molecule has 0 amide bonds. The Hall–Kier alpha value is -2.40. The normalized spacial score (nSPS) is 11.5. The van der Waals surface area contributed by atoms with Crippen LogP contribution in [0.5, 0.6) is 17.2 Å². The second-order valence-electron chi connectivity index (χ2n) is 17.0. The van der Waals surface area contributed by atoms with E-state index in [0.717, 1.165) is 54.2 Å². The first-order valence-corrected chi connectivity index (χ1v) is 26.1. The van der Waals surface area contributed by atoms with Crippen molar-refractivity contribution >= 4 is 23.6 Å². The van der Waals surface area contributed by atoms with Gasteiger partial charge in [-0.05, 0) is 79.5 Å². The minimum absolute atomic E-state index is 0.000934. The smallest absolute Gasteiger partial charge is 0.203 e. The van der Waals surface area contributed by atoms with Crippen molar-refractivity contribution in [2.45, 2.75) is 232 Å². The largest absolute Gasteiger partial charge is 0.490 e. The molecule has 336 valence electrons. The van der Waals surface area contributed by atoms with Crippen LogP contribution in [0.3, 0.4) is 0 Å². The van der Waals surface area contributed by atoms with Crippen LogP contribution in [0, 0.1) is 0 Å². The van der Waals surface area contributed by atoms with Gasteiger partial charge >= 0.3 is 0 Å². The number of unbranched alkanes of at least 4 members (excludes halogenated alkanes) is 27. The molecule has 0 aromatic heterocycles. The molecule has 0 aliphatic heterocycles. The summed E-state index contributed by atoms with van der Waals surface area (Å²) in [6.45, 7) is 11.0. The van der Waals surface area contributed by atoms with Crippen molar-refractivity contribution in [2.24, 2.45) is 0 Å². The van der Waals surface area contributed by atoms with Crippen molar-refractivity contribution in [3.63, 3.8) is 0 Å². The first kappa shape index (κ1) is 52.7. The molecule has 0 unspecified atom stereocenters. The second-order valence-corrected chi connectivity index (χ2v) is 18.2. The number of rotatable bonds is 42. The topological polar surface area (TPSA) is 44.8 Å². The third kappa shape index (κ3) is 27.9. The Morgan fingerprint density at radius 1 is 0.458 bits per heavy atom. The highest BCUT2D eigenvalue weighted by atomic mass is 32.2. The monoisotopic (exact) mass is 835 g/mol. The van der Waals surface area contributed by atoms with Gasteiger partial charge in [0.1, 0.15) is 0 Å². The molecule has 0 bridgehead atoms. The van der Waals surface area contributed by atoms with Gasteiger partial charge in [0.2, 0.25) is 5.75 Å². The lowest BCUT2D eigenvalue weighted by Crippen LogP contribution is -2.07. The average molecular weight is 835 g/mol. The van der Waals surface area contributed by atoms with Crippen molar-refractivity contribution in [1.82, 2.24) is 0 Å². The van der Waals surface area contributed by atoms with Crippen LogP contribution in [-0.2, 0) is 0 Å². The zero-order valence-corrected chi connectivity index (χ0v) is 39.7. The Morgan fingerprint density at radius 3 is 1.19 bits per heavy atom. The van der Waals surface area contributed by atoms with Crippen LogP contribution in [0.25, 0.3) is 6.08 Å². The van der Waals surface area contributed by atoms with Crippen LogP contribution in [0.4, 0.5) is 0 Å². The summed E-state index contributed by atoms with van der Waals surface area (Å²) in [7, 11) is 0. The molecular formula is C54H90O4S. The molecule has 0 saturated carbocycles. The molecule has 0 heterocycles. The average Bonchev–Trinajstić information content (AvgIpc) is 3.25. The van der Waals surface area contributed by atoms with Gasteiger partial charge in [-0.3, -0.25) is 4.79 Å². The number of hydrogen-bond acceptors (Lipinski definition) is 5. The highest BCUT2D eigenvalue weighted by Gasteiger charge is 2.16. The Morgan fingerprint density at radius 2 is 0.814 bits per heavy atom. The quantitative estimate of drug-likeness (QED) is 0.0288. The van der Waals surface area contributed by atoms with Crippen LogP contribution < -0.4 is 14.2 Å². The van der Waals surface area contributed by atoms with Crippen LogP contribution in [0.1, 0.15) is 243 Å². The van der Waals surface area contributed by atoms with E-state index >= 15 is 0 Å². The van der Waals surface area contributed by atoms with Crippen LogP contribution >= 0.6 is 11.8 Å². The van der Waals surface area contributed by atoms with E-state index in [1.165, 1.54) is 178 Å². The summed E-state index contributed by atoms with van der Waals surface area (Å²) in [6.07, 6.45) is 43.5. The molecule has 0 aliphatic rings. The molecule has 0 spiro atoms. The number of carbonyl (C=O) groups is 1. The number of ether oxygens (including phenoxy) is 3. The fourth-order valence-electron chi connectivity index (χ4n) is 7.56. The van der Waals surface area contributed by atoms with E-state index in [1.54, 1.807) is 6.08 Å². The lowest BCUT2D eigenvalue weighted by Gasteiger charge is -2.18. The summed E-state index contributed by atoms with van der Waals surface area (Å²) in [5.74, 6) is 3.28. The first-order valence-electron chi connectivity index (χ1n) is 25.1. The molecule has 2 rings (SSSR count). The number of hydrogen-bond donors (Lipinski definition) is 0. The predicted molar refractivity (Wildman–Crippen MR) is 259 cm³/mol. The van der Waals surface area contributed by atoms with E-state index in [2.05, 4.69) is 39.8 Å². The van der Waals surface area contributed by atoms with E-state index in [-0.39, 0.29) is 5.78 Å². The third-order valence-corrected chi connectivity index (χ3v) is 12.6. The fourth-order valence-corrected chi connectivity index (χ4v) is 8.33. The molecule has 2 aromatic rings. The third-order valence-electron chi connectivity index (χ3n) is 11.3. The van der Waals surface area contributed by atoms with E-state index in [1.807, 2.05) is 42.1 Å². The van der Waals surface area contributed by atoms with Crippen molar-refractivity contribution in [2.75, 3.05) is 25.6 Å². The molecule has 59 heavy (non-hydrogen) atoms. The van der Waals surface area contributed by atoms with Gasteiger partial charge in [-0.25, -0.2) is 0 Å². The van der Waals surface area contributed by atoms with Gasteiger partial charge in [-0.15, -0.1) is 11.8 Å². The predicted octanol–water partition coefficient (Wildman–Crippen LogP) is 18.0. The van der Waals surface area contributed by atoms with Crippen molar-refractivity contribution in [3.8, 4) is 17.2 Å². The Kier molecular flexibility index (Phi) is 34.4. The van der Waals surface area contributed by atoms with Gasteiger partial charge in [0, 0.05) is 10.5 Å². The number of ketones is 1. The number of carbonyl (C=O) groups excluding carboxylic acids is 1. The summed E-state index contributed by atoms with van der Waals surface area (Å²) < 4.78 is 19.7. The lowest BCUT2D eigenvalue weighted by atomic mass is 10.1. The van der Waals surface area contributed by atoms with Crippen LogP contribution in [-0.4, -0.2) is 31.4 Å². The maximum absolute atomic E-state index is 13.3. The molecule has 4 nitrogen and oxygen atoms in total. The molecule has 0 fully saturated rings. The maximum Gasteiger partial charge on any atom is 0.203 e. The van der Waals surface area contributed by atoms with Gasteiger partial charge in [0.25, 0.3) is 0 Å². The van der Waals surface area contributed by atoms with Crippen LogP contribution in [0.15, 0.2) is 47.4 Å². The Labute approximate surface area is 369 Å². The molecular weight excluding hydrogens is 745 g/mol. The molecule has 0 saturated heterocycles. The van der Waals surface area contributed by atoms with E-state index < -0.39 is 0 Å². The van der Waals surface area contributed by atoms with Crippen molar-refractivity contribution in [1.29, 1.82) is 0 Å². The van der Waals surface area contributed by atoms with Gasteiger partial charge in [-0.2, -0.15) is 0 Å². The standard InChI is InChI=1S/C54H90O4S/c1-5-9-12-15-18-21-24-27-30-33-42-56-52-46-48(36-41-51(55)49-37-39-50(40-38-49)59-45-8-4)47-53(57-43-34-31-28-25-22-19-16-13-10-6-2)54(52)58-44-35-32-29-26-23-20-17-14-11-7-3/h36-41,46-47H,5-35,42-45H2,1-4H3. The molecule has 2 aromatic carbocycles. The SMILES string of the molecule is CCCCCCCCCCCCOc1cc(C=CC(=O)c2ccc(SCCC)cc2)cc(OCCCCCCCCCCCC)c1OCCCCCCCCCCCC. The van der Waals surface area contributed by atoms with E-state index in [4.69, 9.17) is 14.2 Å². The van der Waals surface area contributed by atoms with E-state index in [9.17, 15) is 4.79 Å². The highest BCUT2D eigenvalue weighted by Crippen LogP contribution is 2.40. The van der Waals surface area contributed by atoms with Gasteiger partial charge in [0.15, 0.2) is 17.3 Å². The summed E-state index contributed by atoms with van der Waals surface area (Å²) in [5, 5.41) is 0.